The summed E-state index contributed by atoms with van der Waals surface area (Å²) in [6, 6.07) is 6.42. The van der Waals surface area contributed by atoms with Crippen molar-refractivity contribution in [3.05, 3.63) is 41.1 Å². The molecule has 0 atom stereocenters. The number of halogens is 1. The van der Waals surface area contributed by atoms with Crippen LogP contribution in [0.4, 0.5) is 11.4 Å². The SMILES string of the molecule is COc1ccc(Br)cc1NS(=O)(=O)c1cnccc1N. The highest BCUT2D eigenvalue weighted by Crippen LogP contribution is 2.30. The standard InChI is InChI=1S/C12H12BrN3O3S/c1-19-11-3-2-8(13)6-10(11)16-20(17,18)12-7-15-5-4-9(12)14/h2-7,16H,1H3,(H2,14,15). The molecule has 0 aliphatic carbocycles. The monoisotopic (exact) mass is 357 g/mol. The van der Waals surface area contributed by atoms with Gasteiger partial charge in [0.05, 0.1) is 18.5 Å². The zero-order valence-electron chi connectivity index (χ0n) is 10.5. The van der Waals surface area contributed by atoms with E-state index in [1.165, 1.54) is 25.6 Å². The van der Waals surface area contributed by atoms with Gasteiger partial charge >= 0.3 is 0 Å². The number of nitrogens with zero attached hydrogens (tertiary/aromatic N) is 1. The van der Waals surface area contributed by atoms with Crippen LogP contribution in [0.15, 0.2) is 46.0 Å². The zero-order valence-corrected chi connectivity index (χ0v) is 12.9. The number of nitrogen functional groups attached to an aromatic ring is 1. The average molecular weight is 358 g/mol. The minimum absolute atomic E-state index is 0.0815. The Bertz CT molecular complexity index is 734. The Hall–Kier alpha value is -1.80. The predicted molar refractivity (Wildman–Crippen MR) is 80.2 cm³/mol. The first-order valence-corrected chi connectivity index (χ1v) is 7.77. The van der Waals surface area contributed by atoms with Crippen molar-refractivity contribution >= 4 is 37.3 Å². The summed E-state index contributed by atoms with van der Waals surface area (Å²) < 4.78 is 32.9. The molecule has 0 spiro atoms. The third kappa shape index (κ3) is 3.02. The molecule has 1 aromatic carbocycles. The summed E-state index contributed by atoms with van der Waals surface area (Å²) in [5.41, 5.74) is 6.10. The lowest BCUT2D eigenvalue weighted by Crippen LogP contribution is -2.15. The van der Waals surface area contributed by atoms with Crippen LogP contribution in [0.3, 0.4) is 0 Å². The van der Waals surface area contributed by atoms with Gasteiger partial charge in [-0.05, 0) is 24.3 Å². The summed E-state index contributed by atoms with van der Waals surface area (Å²) in [6.07, 6.45) is 2.62. The maximum absolute atomic E-state index is 12.3. The highest BCUT2D eigenvalue weighted by atomic mass is 79.9. The molecule has 0 aliphatic heterocycles. The van der Waals surface area contributed by atoms with E-state index in [9.17, 15) is 8.42 Å². The van der Waals surface area contributed by atoms with E-state index in [1.54, 1.807) is 18.2 Å². The highest BCUT2D eigenvalue weighted by Gasteiger charge is 2.19. The zero-order chi connectivity index (χ0) is 14.8. The van der Waals surface area contributed by atoms with E-state index in [2.05, 4.69) is 25.6 Å². The quantitative estimate of drug-likeness (QED) is 0.874. The molecule has 2 rings (SSSR count). The highest BCUT2D eigenvalue weighted by molar-refractivity contribution is 9.10. The second-order valence-electron chi connectivity index (χ2n) is 3.86. The smallest absolute Gasteiger partial charge is 0.265 e. The lowest BCUT2D eigenvalue weighted by atomic mass is 10.3. The number of benzene rings is 1. The number of hydrogen-bond acceptors (Lipinski definition) is 5. The molecule has 6 nitrogen and oxygen atoms in total. The number of sulfonamides is 1. The summed E-state index contributed by atoms with van der Waals surface area (Å²) in [6.45, 7) is 0. The van der Waals surface area contributed by atoms with Crippen molar-refractivity contribution in [2.75, 3.05) is 17.6 Å². The number of nitrogens with two attached hydrogens (primary N) is 1. The fraction of sp³-hybridized carbons (Fsp3) is 0.0833. The predicted octanol–water partition coefficient (Wildman–Crippen LogP) is 2.24. The van der Waals surface area contributed by atoms with Crippen LogP contribution >= 0.6 is 15.9 Å². The fourth-order valence-corrected chi connectivity index (χ4v) is 3.07. The number of rotatable bonds is 4. The molecule has 0 saturated carbocycles. The van der Waals surface area contributed by atoms with Gasteiger partial charge in [0, 0.05) is 16.9 Å². The van der Waals surface area contributed by atoms with E-state index >= 15 is 0 Å². The summed E-state index contributed by atoms with van der Waals surface area (Å²) >= 11 is 3.28. The lowest BCUT2D eigenvalue weighted by Gasteiger charge is -2.13. The number of nitrogens with one attached hydrogen (secondary N) is 1. The lowest BCUT2D eigenvalue weighted by molar-refractivity contribution is 0.417. The van der Waals surface area contributed by atoms with Crippen LogP contribution in [0, 0.1) is 0 Å². The van der Waals surface area contributed by atoms with E-state index in [4.69, 9.17) is 10.5 Å². The largest absolute Gasteiger partial charge is 0.495 e. The first kappa shape index (κ1) is 14.6. The molecule has 0 saturated heterocycles. The van der Waals surface area contributed by atoms with Crippen molar-refractivity contribution in [3.63, 3.8) is 0 Å². The van der Waals surface area contributed by atoms with Gasteiger partial charge < -0.3 is 10.5 Å². The van der Waals surface area contributed by atoms with Gasteiger partial charge in [0.2, 0.25) is 0 Å². The topological polar surface area (TPSA) is 94.3 Å². The van der Waals surface area contributed by atoms with Gasteiger partial charge in [-0.15, -0.1) is 0 Å². The number of aromatic nitrogens is 1. The number of ether oxygens (including phenoxy) is 1. The van der Waals surface area contributed by atoms with E-state index in [1.807, 2.05) is 0 Å². The molecule has 0 radical (unpaired) electrons. The van der Waals surface area contributed by atoms with Crippen LogP contribution in [-0.4, -0.2) is 20.5 Å². The number of pyridine rings is 1. The van der Waals surface area contributed by atoms with Crippen molar-refractivity contribution in [2.24, 2.45) is 0 Å². The van der Waals surface area contributed by atoms with Gasteiger partial charge in [0.15, 0.2) is 0 Å². The molecule has 0 bridgehead atoms. The first-order valence-electron chi connectivity index (χ1n) is 5.50. The summed E-state index contributed by atoms with van der Waals surface area (Å²) in [7, 11) is -2.37. The molecule has 2 aromatic rings. The average Bonchev–Trinajstić information content (AvgIpc) is 2.39. The summed E-state index contributed by atoms with van der Waals surface area (Å²) in [5.74, 6) is 0.402. The summed E-state index contributed by atoms with van der Waals surface area (Å²) in [5, 5.41) is 0. The van der Waals surface area contributed by atoms with Gasteiger partial charge in [0.1, 0.15) is 10.6 Å². The Labute approximate surface area is 125 Å². The van der Waals surface area contributed by atoms with Gasteiger partial charge in [0.25, 0.3) is 10.0 Å². The number of hydrogen-bond donors (Lipinski definition) is 2. The van der Waals surface area contributed by atoms with Gasteiger partial charge in [-0.2, -0.15) is 0 Å². The third-order valence-electron chi connectivity index (χ3n) is 2.51. The molecule has 1 heterocycles. The molecule has 8 heteroatoms. The minimum atomic E-state index is -3.83. The second-order valence-corrected chi connectivity index (χ2v) is 6.43. The number of methoxy groups -OCH3 is 1. The molecular formula is C12H12BrN3O3S. The third-order valence-corrected chi connectivity index (χ3v) is 4.41. The minimum Gasteiger partial charge on any atom is -0.495 e. The van der Waals surface area contributed by atoms with Crippen molar-refractivity contribution in [3.8, 4) is 5.75 Å². The van der Waals surface area contributed by atoms with E-state index in [-0.39, 0.29) is 10.6 Å². The van der Waals surface area contributed by atoms with Crippen LogP contribution in [0.5, 0.6) is 5.75 Å². The first-order chi connectivity index (χ1) is 9.44. The Morgan fingerprint density at radius 1 is 1.35 bits per heavy atom. The number of anilines is 2. The molecule has 0 unspecified atom stereocenters. The van der Waals surface area contributed by atoms with Crippen molar-refractivity contribution < 1.29 is 13.2 Å². The molecule has 106 valence electrons. The van der Waals surface area contributed by atoms with Crippen LogP contribution in [0.1, 0.15) is 0 Å². The van der Waals surface area contributed by atoms with Crippen molar-refractivity contribution in [1.29, 1.82) is 0 Å². The molecule has 20 heavy (non-hydrogen) atoms. The Kier molecular flexibility index (Phi) is 4.15. The maximum atomic E-state index is 12.3. The van der Waals surface area contributed by atoms with E-state index < -0.39 is 10.0 Å². The molecule has 1 aromatic heterocycles. The van der Waals surface area contributed by atoms with Crippen LogP contribution in [0.25, 0.3) is 0 Å². The van der Waals surface area contributed by atoms with Crippen molar-refractivity contribution in [1.82, 2.24) is 4.98 Å². The molecule has 0 aliphatic rings. The molecule has 0 amide bonds. The fourth-order valence-electron chi connectivity index (χ4n) is 1.57. The Morgan fingerprint density at radius 3 is 2.75 bits per heavy atom. The van der Waals surface area contributed by atoms with Crippen LogP contribution < -0.4 is 15.2 Å². The second kappa shape index (κ2) is 5.68. The summed E-state index contributed by atoms with van der Waals surface area (Å²) in [4.78, 5) is 3.69. The van der Waals surface area contributed by atoms with Crippen LogP contribution in [0.2, 0.25) is 0 Å². The Balaban J connectivity index is 2.44. The van der Waals surface area contributed by atoms with E-state index in [0.29, 0.717) is 11.4 Å². The maximum Gasteiger partial charge on any atom is 0.265 e. The molecule has 0 fully saturated rings. The Morgan fingerprint density at radius 2 is 2.10 bits per heavy atom. The van der Waals surface area contributed by atoms with Gasteiger partial charge in [-0.3, -0.25) is 9.71 Å². The molecular weight excluding hydrogens is 346 g/mol. The molecule has 3 N–H and O–H groups in total. The van der Waals surface area contributed by atoms with Crippen molar-refractivity contribution in [2.45, 2.75) is 4.90 Å². The van der Waals surface area contributed by atoms with Gasteiger partial charge in [-0.1, -0.05) is 15.9 Å². The van der Waals surface area contributed by atoms with Crippen LogP contribution in [-0.2, 0) is 10.0 Å². The van der Waals surface area contributed by atoms with Gasteiger partial charge in [-0.25, -0.2) is 8.42 Å². The van der Waals surface area contributed by atoms with E-state index in [0.717, 1.165) is 4.47 Å². The normalized spacial score (nSPS) is 11.1.